The molecule has 1 fully saturated rings. The van der Waals surface area contributed by atoms with Crippen LogP contribution in [0, 0.1) is 0 Å². The molecule has 122 valence electrons. The highest BCUT2D eigenvalue weighted by molar-refractivity contribution is 5.64. The van der Waals surface area contributed by atoms with Crippen LogP contribution in [0.5, 0.6) is 0 Å². The van der Waals surface area contributed by atoms with Crippen molar-refractivity contribution in [3.63, 3.8) is 0 Å². The maximum atomic E-state index is 4.74. The minimum atomic E-state index is 0.754. The molecule has 0 bridgehead atoms. The molecular formula is C19H26N4. The Balaban J connectivity index is 1.84. The number of aromatic nitrogens is 2. The van der Waals surface area contributed by atoms with E-state index in [-0.39, 0.29) is 0 Å². The van der Waals surface area contributed by atoms with Crippen LogP contribution in [0.3, 0.4) is 0 Å². The van der Waals surface area contributed by atoms with Gasteiger partial charge in [0.25, 0.3) is 0 Å². The van der Waals surface area contributed by atoms with E-state index in [4.69, 9.17) is 9.97 Å². The fourth-order valence-electron chi connectivity index (χ4n) is 2.95. The third-order valence-electron chi connectivity index (χ3n) is 4.28. The quantitative estimate of drug-likeness (QED) is 0.772. The molecule has 23 heavy (non-hydrogen) atoms. The fourth-order valence-corrected chi connectivity index (χ4v) is 2.95. The smallest absolute Gasteiger partial charge is 0.225 e. The molecule has 4 nitrogen and oxygen atoms in total. The number of anilines is 2. The van der Waals surface area contributed by atoms with Crippen molar-refractivity contribution in [3.05, 3.63) is 36.4 Å². The van der Waals surface area contributed by atoms with E-state index in [1.165, 1.54) is 25.7 Å². The molecule has 2 heterocycles. The molecule has 3 rings (SSSR count). The molecule has 1 aliphatic rings. The molecular weight excluding hydrogens is 284 g/mol. The minimum Gasteiger partial charge on any atom is -0.356 e. The first-order valence-electron chi connectivity index (χ1n) is 8.80. The molecule has 0 spiro atoms. The van der Waals surface area contributed by atoms with Gasteiger partial charge in [0.05, 0.1) is 5.69 Å². The molecule has 4 heteroatoms. The predicted molar refractivity (Wildman–Crippen MR) is 96.9 cm³/mol. The van der Waals surface area contributed by atoms with Crippen LogP contribution < -0.4 is 10.2 Å². The number of hydrogen-bond donors (Lipinski definition) is 1. The van der Waals surface area contributed by atoms with Crippen LogP contribution in [0.2, 0.25) is 0 Å². The lowest BCUT2D eigenvalue weighted by Gasteiger charge is -2.18. The monoisotopic (exact) mass is 310 g/mol. The molecule has 2 aromatic rings. The summed E-state index contributed by atoms with van der Waals surface area (Å²) in [5.41, 5.74) is 2.15. The Morgan fingerprint density at radius 2 is 1.83 bits per heavy atom. The van der Waals surface area contributed by atoms with E-state index < -0.39 is 0 Å². The van der Waals surface area contributed by atoms with Crippen molar-refractivity contribution in [2.24, 2.45) is 0 Å². The third kappa shape index (κ3) is 4.21. The van der Waals surface area contributed by atoms with Crippen molar-refractivity contribution in [2.45, 2.75) is 39.0 Å². The van der Waals surface area contributed by atoms with E-state index in [1.807, 2.05) is 6.07 Å². The predicted octanol–water partition coefficient (Wildman–Crippen LogP) is 4.35. The van der Waals surface area contributed by atoms with Crippen molar-refractivity contribution in [1.29, 1.82) is 0 Å². The van der Waals surface area contributed by atoms with Gasteiger partial charge in [-0.05, 0) is 19.3 Å². The van der Waals surface area contributed by atoms with Gasteiger partial charge < -0.3 is 10.2 Å². The summed E-state index contributed by atoms with van der Waals surface area (Å²) in [5.74, 6) is 1.80. The summed E-state index contributed by atoms with van der Waals surface area (Å²) in [6.45, 7) is 5.35. The lowest BCUT2D eigenvalue weighted by Crippen LogP contribution is -2.20. The van der Waals surface area contributed by atoms with E-state index in [1.54, 1.807) is 0 Å². The molecule has 0 aliphatic carbocycles. The van der Waals surface area contributed by atoms with Crippen molar-refractivity contribution in [1.82, 2.24) is 9.97 Å². The normalized spacial score (nSPS) is 14.2. The van der Waals surface area contributed by atoms with Gasteiger partial charge in [0.1, 0.15) is 5.82 Å². The summed E-state index contributed by atoms with van der Waals surface area (Å²) in [4.78, 5) is 11.8. The average molecular weight is 310 g/mol. The summed E-state index contributed by atoms with van der Waals surface area (Å²) < 4.78 is 0. The lowest BCUT2D eigenvalue weighted by atomic mass is 10.1. The van der Waals surface area contributed by atoms with Crippen LogP contribution in [0.1, 0.15) is 39.0 Å². The SMILES string of the molecule is CCCCCNc1nc(-c2ccccc2)cc(N2CCCC2)n1. The highest BCUT2D eigenvalue weighted by Gasteiger charge is 2.16. The Bertz CT molecular complexity index is 606. The van der Waals surface area contributed by atoms with Crippen LogP contribution in [-0.2, 0) is 0 Å². The summed E-state index contributed by atoms with van der Waals surface area (Å²) in [6.07, 6.45) is 6.14. The molecule has 0 amide bonds. The number of rotatable bonds is 7. The maximum Gasteiger partial charge on any atom is 0.225 e. The Kier molecular flexibility index (Phi) is 5.46. The zero-order valence-corrected chi connectivity index (χ0v) is 14.0. The molecule has 0 saturated carbocycles. The Morgan fingerprint density at radius 1 is 1.04 bits per heavy atom. The van der Waals surface area contributed by atoms with Gasteiger partial charge in [0.2, 0.25) is 5.95 Å². The second kappa shape index (κ2) is 7.95. The van der Waals surface area contributed by atoms with Crippen LogP contribution in [0.15, 0.2) is 36.4 Å². The minimum absolute atomic E-state index is 0.754. The van der Waals surface area contributed by atoms with E-state index in [9.17, 15) is 0 Å². The highest BCUT2D eigenvalue weighted by atomic mass is 15.2. The van der Waals surface area contributed by atoms with E-state index in [0.29, 0.717) is 0 Å². The fraction of sp³-hybridized carbons (Fsp3) is 0.474. The van der Waals surface area contributed by atoms with Gasteiger partial charge in [-0.3, -0.25) is 0 Å². The van der Waals surface area contributed by atoms with Gasteiger partial charge in [-0.25, -0.2) is 4.98 Å². The van der Waals surface area contributed by atoms with Gasteiger partial charge in [-0.15, -0.1) is 0 Å². The lowest BCUT2D eigenvalue weighted by molar-refractivity contribution is 0.740. The molecule has 0 unspecified atom stereocenters. The molecule has 1 N–H and O–H groups in total. The Labute approximate surface area is 139 Å². The van der Waals surface area contributed by atoms with Crippen LogP contribution in [0.4, 0.5) is 11.8 Å². The van der Waals surface area contributed by atoms with E-state index in [0.717, 1.165) is 49.1 Å². The standard InChI is InChI=1S/C19H26N4/c1-2-3-7-12-20-19-21-17(16-10-5-4-6-11-16)15-18(22-19)23-13-8-9-14-23/h4-6,10-11,15H,2-3,7-9,12-14H2,1H3,(H,20,21,22). The van der Waals surface area contributed by atoms with Crippen molar-refractivity contribution in [3.8, 4) is 11.3 Å². The molecule has 1 aromatic heterocycles. The highest BCUT2D eigenvalue weighted by Crippen LogP contribution is 2.25. The number of hydrogen-bond acceptors (Lipinski definition) is 4. The van der Waals surface area contributed by atoms with Crippen molar-refractivity contribution >= 4 is 11.8 Å². The summed E-state index contributed by atoms with van der Waals surface area (Å²) in [5, 5.41) is 3.40. The van der Waals surface area contributed by atoms with Gasteiger partial charge in [0.15, 0.2) is 0 Å². The molecule has 0 radical (unpaired) electrons. The first kappa shape index (κ1) is 15.8. The number of nitrogens with one attached hydrogen (secondary N) is 1. The first-order valence-corrected chi connectivity index (χ1v) is 8.80. The van der Waals surface area contributed by atoms with Crippen LogP contribution >= 0.6 is 0 Å². The summed E-state index contributed by atoms with van der Waals surface area (Å²) in [7, 11) is 0. The zero-order valence-electron chi connectivity index (χ0n) is 14.0. The van der Waals surface area contributed by atoms with Crippen LogP contribution in [0.25, 0.3) is 11.3 Å². The van der Waals surface area contributed by atoms with Crippen molar-refractivity contribution < 1.29 is 0 Å². The topological polar surface area (TPSA) is 41.1 Å². The Hall–Kier alpha value is -2.10. The average Bonchev–Trinajstić information content (AvgIpc) is 3.14. The van der Waals surface area contributed by atoms with Crippen molar-refractivity contribution in [2.75, 3.05) is 29.9 Å². The molecule has 1 aromatic carbocycles. The maximum absolute atomic E-state index is 4.74. The molecule has 1 saturated heterocycles. The van der Waals surface area contributed by atoms with Gasteiger partial charge in [-0.2, -0.15) is 4.98 Å². The van der Waals surface area contributed by atoms with Gasteiger partial charge >= 0.3 is 0 Å². The second-order valence-electron chi connectivity index (χ2n) is 6.13. The van der Waals surface area contributed by atoms with Crippen LogP contribution in [-0.4, -0.2) is 29.6 Å². The zero-order chi connectivity index (χ0) is 15.9. The Morgan fingerprint density at radius 3 is 2.57 bits per heavy atom. The largest absolute Gasteiger partial charge is 0.356 e. The third-order valence-corrected chi connectivity index (χ3v) is 4.28. The van der Waals surface area contributed by atoms with E-state index >= 15 is 0 Å². The molecule has 1 aliphatic heterocycles. The second-order valence-corrected chi connectivity index (χ2v) is 6.13. The van der Waals surface area contributed by atoms with Gasteiger partial charge in [0, 0.05) is 31.3 Å². The number of unbranched alkanes of at least 4 members (excludes halogenated alkanes) is 2. The summed E-state index contributed by atoms with van der Waals surface area (Å²) >= 11 is 0. The van der Waals surface area contributed by atoms with Gasteiger partial charge in [-0.1, -0.05) is 50.1 Å². The number of benzene rings is 1. The molecule has 0 atom stereocenters. The first-order chi connectivity index (χ1) is 11.4. The summed E-state index contributed by atoms with van der Waals surface area (Å²) in [6, 6.07) is 12.5. The van der Waals surface area contributed by atoms with E-state index in [2.05, 4.69) is 47.5 Å². The number of nitrogens with zero attached hydrogens (tertiary/aromatic N) is 3.